The molecule has 144 valence electrons. The zero-order chi connectivity index (χ0) is 19.3. The Morgan fingerprint density at radius 3 is 2.67 bits per heavy atom. The molecule has 2 aromatic rings. The van der Waals surface area contributed by atoms with E-state index in [9.17, 15) is 17.6 Å². The summed E-state index contributed by atoms with van der Waals surface area (Å²) in [5.41, 5.74) is 0.812. The molecule has 0 saturated carbocycles. The molecule has 5 nitrogen and oxygen atoms in total. The second-order valence-electron chi connectivity index (χ2n) is 6.69. The molecule has 3 rings (SSSR count). The number of hydrogen-bond donors (Lipinski definition) is 1. The van der Waals surface area contributed by atoms with Crippen LogP contribution in [0.1, 0.15) is 18.4 Å². The van der Waals surface area contributed by atoms with Gasteiger partial charge in [0, 0.05) is 19.6 Å². The van der Waals surface area contributed by atoms with E-state index in [0.717, 1.165) is 5.56 Å². The van der Waals surface area contributed by atoms with Crippen molar-refractivity contribution in [3.05, 3.63) is 66.0 Å². The van der Waals surface area contributed by atoms with Crippen molar-refractivity contribution >= 4 is 15.9 Å². The third-order valence-electron chi connectivity index (χ3n) is 4.74. The molecule has 2 aromatic carbocycles. The van der Waals surface area contributed by atoms with Crippen LogP contribution in [0, 0.1) is 11.7 Å². The molecule has 1 unspecified atom stereocenters. The molecule has 27 heavy (non-hydrogen) atoms. The van der Waals surface area contributed by atoms with Crippen molar-refractivity contribution in [2.24, 2.45) is 5.92 Å². The quantitative estimate of drug-likeness (QED) is 0.824. The molecule has 1 amide bonds. The SMILES string of the molecule is O=C(NCCc1cccc(F)c1)C1CCCN(S(=O)(=O)c2ccccc2)C1. The minimum absolute atomic E-state index is 0.153. The number of benzene rings is 2. The third-order valence-corrected chi connectivity index (χ3v) is 6.62. The molecule has 0 aromatic heterocycles. The zero-order valence-electron chi connectivity index (χ0n) is 15.0. The maximum atomic E-state index is 13.2. The lowest BCUT2D eigenvalue weighted by Gasteiger charge is -2.31. The Morgan fingerprint density at radius 1 is 1.15 bits per heavy atom. The molecule has 0 spiro atoms. The molecular formula is C20H23FN2O3S. The number of piperidine rings is 1. The van der Waals surface area contributed by atoms with Crippen molar-refractivity contribution in [1.29, 1.82) is 0 Å². The van der Waals surface area contributed by atoms with E-state index in [1.165, 1.54) is 16.4 Å². The number of rotatable bonds is 6. The molecule has 1 N–H and O–H groups in total. The van der Waals surface area contributed by atoms with E-state index in [-0.39, 0.29) is 29.1 Å². The van der Waals surface area contributed by atoms with Crippen molar-refractivity contribution in [3.8, 4) is 0 Å². The molecular weight excluding hydrogens is 367 g/mol. The van der Waals surface area contributed by atoms with E-state index < -0.39 is 10.0 Å². The van der Waals surface area contributed by atoms with Gasteiger partial charge in [0.25, 0.3) is 0 Å². The minimum Gasteiger partial charge on any atom is -0.355 e. The number of nitrogens with zero attached hydrogens (tertiary/aromatic N) is 1. The van der Waals surface area contributed by atoms with Crippen molar-refractivity contribution in [2.45, 2.75) is 24.2 Å². The van der Waals surface area contributed by atoms with Gasteiger partial charge in [0.05, 0.1) is 10.8 Å². The summed E-state index contributed by atoms with van der Waals surface area (Å²) in [5, 5.41) is 2.85. The zero-order valence-corrected chi connectivity index (χ0v) is 15.8. The highest BCUT2D eigenvalue weighted by Crippen LogP contribution is 2.23. The highest BCUT2D eigenvalue weighted by molar-refractivity contribution is 7.89. The summed E-state index contributed by atoms with van der Waals surface area (Å²) >= 11 is 0. The summed E-state index contributed by atoms with van der Waals surface area (Å²) in [5.74, 6) is -0.822. The summed E-state index contributed by atoms with van der Waals surface area (Å²) < 4.78 is 40.1. The maximum absolute atomic E-state index is 13.2. The number of halogens is 1. The Hall–Kier alpha value is -2.25. The van der Waals surface area contributed by atoms with Crippen LogP contribution >= 0.6 is 0 Å². The summed E-state index contributed by atoms with van der Waals surface area (Å²) in [7, 11) is -3.59. The fourth-order valence-electron chi connectivity index (χ4n) is 3.28. The van der Waals surface area contributed by atoms with E-state index in [0.29, 0.717) is 32.4 Å². The summed E-state index contributed by atoms with van der Waals surface area (Å²) in [6, 6.07) is 14.6. The first-order valence-corrected chi connectivity index (χ1v) is 10.5. The molecule has 1 saturated heterocycles. The molecule has 1 fully saturated rings. The second-order valence-corrected chi connectivity index (χ2v) is 8.62. The molecule has 1 aliphatic rings. The third kappa shape index (κ3) is 4.93. The van der Waals surface area contributed by atoms with Gasteiger partial charge in [0.15, 0.2) is 0 Å². The number of carbonyl (C=O) groups is 1. The number of nitrogens with one attached hydrogen (secondary N) is 1. The van der Waals surface area contributed by atoms with Crippen LogP contribution in [0.3, 0.4) is 0 Å². The van der Waals surface area contributed by atoms with Gasteiger partial charge in [-0.1, -0.05) is 30.3 Å². The summed E-state index contributed by atoms with van der Waals surface area (Å²) in [6.45, 7) is 0.998. The lowest BCUT2D eigenvalue weighted by Crippen LogP contribution is -2.45. The molecule has 0 aliphatic carbocycles. The molecule has 0 radical (unpaired) electrons. The van der Waals surface area contributed by atoms with E-state index >= 15 is 0 Å². The topological polar surface area (TPSA) is 66.5 Å². The number of amides is 1. The molecule has 1 aliphatic heterocycles. The monoisotopic (exact) mass is 390 g/mol. The Kier molecular flexibility index (Phi) is 6.23. The predicted molar refractivity (Wildman–Crippen MR) is 101 cm³/mol. The van der Waals surface area contributed by atoms with Gasteiger partial charge in [-0.2, -0.15) is 4.31 Å². The first kappa shape index (κ1) is 19.5. The summed E-state index contributed by atoms with van der Waals surface area (Å²) in [4.78, 5) is 12.7. The average Bonchev–Trinajstić information content (AvgIpc) is 2.69. The van der Waals surface area contributed by atoms with Crippen LogP contribution < -0.4 is 5.32 Å². The summed E-state index contributed by atoms with van der Waals surface area (Å²) in [6.07, 6.45) is 1.84. The Labute approximate surface area is 159 Å². The number of sulfonamides is 1. The van der Waals surface area contributed by atoms with Crippen molar-refractivity contribution < 1.29 is 17.6 Å². The fraction of sp³-hybridized carbons (Fsp3) is 0.350. The standard InChI is InChI=1S/C20H23FN2O3S/c21-18-8-4-6-16(14-18)11-12-22-20(24)17-7-5-13-23(15-17)27(25,26)19-9-2-1-3-10-19/h1-4,6,8-10,14,17H,5,7,11-13,15H2,(H,22,24). The van der Waals surface area contributed by atoms with Crippen LogP contribution in [0.4, 0.5) is 4.39 Å². The first-order valence-electron chi connectivity index (χ1n) is 9.04. The molecule has 0 bridgehead atoms. The fourth-order valence-corrected chi connectivity index (χ4v) is 4.83. The van der Waals surface area contributed by atoms with Crippen LogP contribution in [-0.2, 0) is 21.2 Å². The van der Waals surface area contributed by atoms with Crippen molar-refractivity contribution in [2.75, 3.05) is 19.6 Å². The predicted octanol–water partition coefficient (Wildman–Crippen LogP) is 2.59. The molecule has 7 heteroatoms. The number of hydrogen-bond acceptors (Lipinski definition) is 3. The Bertz CT molecular complexity index is 887. The van der Waals surface area contributed by atoms with Crippen LogP contribution in [-0.4, -0.2) is 38.3 Å². The minimum atomic E-state index is -3.59. The van der Waals surface area contributed by atoms with Gasteiger partial charge in [-0.25, -0.2) is 12.8 Å². The second kappa shape index (κ2) is 8.63. The molecule has 1 heterocycles. The van der Waals surface area contributed by atoms with E-state index in [4.69, 9.17) is 0 Å². The highest BCUT2D eigenvalue weighted by atomic mass is 32.2. The van der Waals surface area contributed by atoms with Crippen molar-refractivity contribution in [1.82, 2.24) is 9.62 Å². The Balaban J connectivity index is 1.56. The first-order chi connectivity index (χ1) is 13.0. The van der Waals surface area contributed by atoms with Gasteiger partial charge in [0.1, 0.15) is 5.82 Å². The van der Waals surface area contributed by atoms with Crippen molar-refractivity contribution in [3.63, 3.8) is 0 Å². The van der Waals surface area contributed by atoms with Gasteiger partial charge >= 0.3 is 0 Å². The lowest BCUT2D eigenvalue weighted by molar-refractivity contribution is -0.126. The van der Waals surface area contributed by atoms with Gasteiger partial charge in [-0.15, -0.1) is 0 Å². The lowest BCUT2D eigenvalue weighted by atomic mass is 9.99. The van der Waals surface area contributed by atoms with Crippen LogP contribution in [0.15, 0.2) is 59.5 Å². The van der Waals surface area contributed by atoms with Gasteiger partial charge in [0.2, 0.25) is 15.9 Å². The largest absolute Gasteiger partial charge is 0.355 e. The maximum Gasteiger partial charge on any atom is 0.243 e. The van der Waals surface area contributed by atoms with E-state index in [2.05, 4.69) is 5.32 Å². The molecule has 1 atom stereocenters. The highest BCUT2D eigenvalue weighted by Gasteiger charge is 2.33. The van der Waals surface area contributed by atoms with Crippen LogP contribution in [0.5, 0.6) is 0 Å². The normalized spacial score (nSPS) is 18.2. The smallest absolute Gasteiger partial charge is 0.243 e. The van der Waals surface area contributed by atoms with Gasteiger partial charge in [-0.05, 0) is 49.1 Å². The number of carbonyl (C=O) groups excluding carboxylic acids is 1. The van der Waals surface area contributed by atoms with E-state index in [1.807, 2.05) is 6.07 Å². The van der Waals surface area contributed by atoms with Gasteiger partial charge in [-0.3, -0.25) is 4.79 Å². The average molecular weight is 390 g/mol. The van der Waals surface area contributed by atoms with Crippen LogP contribution in [0.25, 0.3) is 0 Å². The Morgan fingerprint density at radius 2 is 1.93 bits per heavy atom. The van der Waals surface area contributed by atoms with E-state index in [1.54, 1.807) is 36.4 Å². The van der Waals surface area contributed by atoms with Crippen LogP contribution in [0.2, 0.25) is 0 Å². The van der Waals surface area contributed by atoms with Gasteiger partial charge < -0.3 is 5.32 Å².